The van der Waals surface area contributed by atoms with Crippen LogP contribution in [0.1, 0.15) is 39.0 Å². The molecule has 0 radical (unpaired) electrons. The Hall–Kier alpha value is -0.650. The van der Waals surface area contributed by atoms with Crippen LogP contribution >= 0.6 is 0 Å². The molecule has 0 aromatic heterocycles. The van der Waals surface area contributed by atoms with E-state index in [0.29, 0.717) is 26.2 Å². The molecule has 2 fully saturated rings. The number of carbonyl (C=O) groups is 1. The lowest BCUT2D eigenvalue weighted by Gasteiger charge is -2.28. The maximum atomic E-state index is 12.5. The molecule has 0 aromatic rings. The summed E-state index contributed by atoms with van der Waals surface area (Å²) >= 11 is 0. The van der Waals surface area contributed by atoms with Gasteiger partial charge in [-0.15, -0.1) is 0 Å². The summed E-state index contributed by atoms with van der Waals surface area (Å²) < 4.78 is 10.7. The number of carbonyl (C=O) groups excluding carboxylic acids is 1. The van der Waals surface area contributed by atoms with E-state index in [0.717, 1.165) is 38.9 Å². The minimum absolute atomic E-state index is 0.0783. The molecule has 1 saturated carbocycles. The maximum Gasteiger partial charge on any atom is 0.226 e. The van der Waals surface area contributed by atoms with E-state index in [2.05, 4.69) is 5.32 Å². The lowest BCUT2D eigenvalue weighted by atomic mass is 9.83. The van der Waals surface area contributed by atoms with Gasteiger partial charge < -0.3 is 19.9 Å². The minimum Gasteiger partial charge on any atom is -0.396 e. The van der Waals surface area contributed by atoms with Crippen molar-refractivity contribution in [1.82, 2.24) is 5.32 Å². The van der Waals surface area contributed by atoms with E-state index in [4.69, 9.17) is 9.47 Å². The molecule has 2 N–H and O–H groups in total. The van der Waals surface area contributed by atoms with Gasteiger partial charge in [0.25, 0.3) is 0 Å². The Labute approximate surface area is 121 Å². The first-order valence-corrected chi connectivity index (χ1v) is 7.75. The van der Waals surface area contributed by atoms with Crippen molar-refractivity contribution in [2.45, 2.75) is 39.0 Å². The molecule has 0 aromatic carbocycles. The number of nitrogens with one attached hydrogen (secondary N) is 1. The number of aliphatic hydroxyl groups excluding tert-OH is 1. The molecule has 1 atom stereocenters. The normalized spacial score (nSPS) is 27.5. The lowest BCUT2D eigenvalue weighted by molar-refractivity contribution is -0.129. The van der Waals surface area contributed by atoms with Gasteiger partial charge in [0.2, 0.25) is 5.91 Å². The Balaban J connectivity index is 1.84. The highest BCUT2D eigenvalue weighted by Gasteiger charge is 2.70. The number of hydrogen-bond donors (Lipinski definition) is 2. The van der Waals surface area contributed by atoms with Crippen molar-refractivity contribution in [3.05, 3.63) is 0 Å². The van der Waals surface area contributed by atoms with Crippen LogP contribution in [0.25, 0.3) is 0 Å². The summed E-state index contributed by atoms with van der Waals surface area (Å²) in [6.45, 7) is 5.57. The van der Waals surface area contributed by atoms with Gasteiger partial charge in [0.15, 0.2) is 0 Å². The van der Waals surface area contributed by atoms with Gasteiger partial charge in [-0.2, -0.15) is 0 Å². The standard InChI is InChI=1S/C15H27NO4/c1-2-19-9-3-7-16-13(18)15(4-8-17)12-14(15)5-10-20-11-6-14/h17H,2-12H2,1H3,(H,16,18). The number of rotatable bonds is 8. The lowest BCUT2D eigenvalue weighted by Crippen LogP contribution is -2.38. The molecule has 1 aliphatic carbocycles. The molecule has 1 heterocycles. The van der Waals surface area contributed by atoms with Gasteiger partial charge in [-0.1, -0.05) is 0 Å². The molecule has 1 unspecified atom stereocenters. The van der Waals surface area contributed by atoms with Gasteiger partial charge >= 0.3 is 0 Å². The molecule has 2 aliphatic rings. The monoisotopic (exact) mass is 285 g/mol. The molecule has 1 amide bonds. The highest BCUT2D eigenvalue weighted by molar-refractivity contribution is 5.87. The quantitative estimate of drug-likeness (QED) is 0.655. The highest BCUT2D eigenvalue weighted by atomic mass is 16.5. The predicted octanol–water partition coefficient (Wildman–Crippen LogP) is 1.10. The van der Waals surface area contributed by atoms with Crippen LogP contribution in [0.5, 0.6) is 0 Å². The second kappa shape index (κ2) is 6.87. The van der Waals surface area contributed by atoms with Gasteiger partial charge in [-0.05, 0) is 44.4 Å². The van der Waals surface area contributed by atoms with E-state index < -0.39 is 0 Å². The van der Waals surface area contributed by atoms with Gasteiger partial charge in [0, 0.05) is 39.6 Å². The Morgan fingerprint density at radius 3 is 2.80 bits per heavy atom. The summed E-state index contributed by atoms with van der Waals surface area (Å²) in [7, 11) is 0. The zero-order valence-corrected chi connectivity index (χ0v) is 12.5. The first-order chi connectivity index (χ1) is 9.71. The SMILES string of the molecule is CCOCCCNC(=O)C1(CCO)CC12CCOCC2. The van der Waals surface area contributed by atoms with Gasteiger partial charge in [0.1, 0.15) is 0 Å². The zero-order chi connectivity index (χ0) is 14.5. The molecule has 5 heteroatoms. The van der Waals surface area contributed by atoms with E-state index >= 15 is 0 Å². The first-order valence-electron chi connectivity index (χ1n) is 7.75. The Kier molecular flexibility index (Phi) is 5.41. The Bertz CT molecular complexity index is 328. The van der Waals surface area contributed by atoms with E-state index in [1.54, 1.807) is 0 Å². The average molecular weight is 285 g/mol. The number of ether oxygens (including phenoxy) is 2. The zero-order valence-electron chi connectivity index (χ0n) is 12.5. The van der Waals surface area contributed by atoms with E-state index in [1.807, 2.05) is 6.92 Å². The summed E-state index contributed by atoms with van der Waals surface area (Å²) in [6.07, 6.45) is 4.20. The fraction of sp³-hybridized carbons (Fsp3) is 0.933. The molecule has 116 valence electrons. The Morgan fingerprint density at radius 1 is 1.40 bits per heavy atom. The van der Waals surface area contributed by atoms with Crippen molar-refractivity contribution in [2.75, 3.05) is 39.6 Å². The van der Waals surface area contributed by atoms with Crippen molar-refractivity contribution in [2.24, 2.45) is 10.8 Å². The van der Waals surface area contributed by atoms with Crippen LogP contribution in [0.3, 0.4) is 0 Å². The van der Waals surface area contributed by atoms with E-state index in [1.165, 1.54) is 0 Å². The second-order valence-corrected chi connectivity index (χ2v) is 5.93. The molecule has 1 saturated heterocycles. The first kappa shape index (κ1) is 15.7. The third kappa shape index (κ3) is 3.00. The van der Waals surface area contributed by atoms with Crippen LogP contribution in [-0.4, -0.2) is 50.6 Å². The average Bonchev–Trinajstić information content (AvgIpc) is 3.07. The molecular weight excluding hydrogens is 258 g/mol. The number of hydrogen-bond acceptors (Lipinski definition) is 4. The number of amides is 1. The van der Waals surface area contributed by atoms with Crippen LogP contribution in [0.2, 0.25) is 0 Å². The summed E-state index contributed by atoms with van der Waals surface area (Å²) in [6, 6.07) is 0. The molecular formula is C15H27NO4. The fourth-order valence-corrected chi connectivity index (χ4v) is 3.62. The van der Waals surface area contributed by atoms with Crippen LogP contribution < -0.4 is 5.32 Å². The molecule has 2 rings (SSSR count). The number of aliphatic hydroxyl groups is 1. The molecule has 5 nitrogen and oxygen atoms in total. The summed E-state index contributed by atoms with van der Waals surface area (Å²) in [5.41, 5.74) is -0.269. The fourth-order valence-electron chi connectivity index (χ4n) is 3.62. The summed E-state index contributed by atoms with van der Waals surface area (Å²) in [4.78, 5) is 12.5. The van der Waals surface area contributed by atoms with Crippen molar-refractivity contribution in [1.29, 1.82) is 0 Å². The van der Waals surface area contributed by atoms with Gasteiger partial charge in [0.05, 0.1) is 5.41 Å². The van der Waals surface area contributed by atoms with Crippen LogP contribution in [0, 0.1) is 10.8 Å². The van der Waals surface area contributed by atoms with Crippen LogP contribution in [0.15, 0.2) is 0 Å². The topological polar surface area (TPSA) is 67.8 Å². The molecule has 1 spiro atoms. The molecule has 1 aliphatic heterocycles. The van der Waals surface area contributed by atoms with Crippen molar-refractivity contribution in [3.63, 3.8) is 0 Å². The summed E-state index contributed by atoms with van der Waals surface area (Å²) in [5.74, 6) is 0.116. The molecule has 20 heavy (non-hydrogen) atoms. The third-order valence-corrected chi connectivity index (χ3v) is 4.91. The molecule has 0 bridgehead atoms. The minimum atomic E-state index is -0.350. The largest absolute Gasteiger partial charge is 0.396 e. The van der Waals surface area contributed by atoms with Gasteiger partial charge in [-0.25, -0.2) is 0 Å². The van der Waals surface area contributed by atoms with E-state index in [9.17, 15) is 9.90 Å². The predicted molar refractivity (Wildman–Crippen MR) is 75.4 cm³/mol. The van der Waals surface area contributed by atoms with Crippen molar-refractivity contribution in [3.8, 4) is 0 Å². The second-order valence-electron chi connectivity index (χ2n) is 5.93. The highest BCUT2D eigenvalue weighted by Crippen LogP contribution is 2.70. The van der Waals surface area contributed by atoms with Crippen LogP contribution in [0.4, 0.5) is 0 Å². The van der Waals surface area contributed by atoms with E-state index in [-0.39, 0.29) is 23.3 Å². The van der Waals surface area contributed by atoms with Crippen molar-refractivity contribution >= 4 is 5.91 Å². The maximum absolute atomic E-state index is 12.5. The Morgan fingerprint density at radius 2 is 2.15 bits per heavy atom. The van der Waals surface area contributed by atoms with Crippen LogP contribution in [-0.2, 0) is 14.3 Å². The smallest absolute Gasteiger partial charge is 0.226 e. The summed E-state index contributed by atoms with van der Waals surface area (Å²) in [5, 5.41) is 12.3. The van der Waals surface area contributed by atoms with Crippen molar-refractivity contribution < 1.29 is 19.4 Å². The third-order valence-electron chi connectivity index (χ3n) is 4.91. The van der Waals surface area contributed by atoms with Gasteiger partial charge in [-0.3, -0.25) is 4.79 Å².